The molecule has 0 radical (unpaired) electrons. The molecule has 64 valence electrons. The first-order chi connectivity index (χ1) is 5.61. The SMILES string of the molecule is C=C/N=C(\C=C(\C)C=C)C(N)=O. The van der Waals surface area contributed by atoms with Crippen molar-refractivity contribution in [2.24, 2.45) is 10.7 Å². The molecule has 0 aliphatic heterocycles. The lowest BCUT2D eigenvalue weighted by atomic mass is 10.2. The van der Waals surface area contributed by atoms with Crippen LogP contribution in [0.3, 0.4) is 0 Å². The van der Waals surface area contributed by atoms with Gasteiger partial charge in [-0.3, -0.25) is 9.79 Å². The first-order valence-corrected chi connectivity index (χ1v) is 3.41. The van der Waals surface area contributed by atoms with Crippen LogP contribution in [0.4, 0.5) is 0 Å². The highest BCUT2D eigenvalue weighted by Crippen LogP contribution is 1.94. The number of hydrogen-bond acceptors (Lipinski definition) is 2. The minimum absolute atomic E-state index is 0.183. The lowest BCUT2D eigenvalue weighted by Crippen LogP contribution is -2.21. The van der Waals surface area contributed by atoms with E-state index in [1.807, 2.05) is 0 Å². The lowest BCUT2D eigenvalue weighted by molar-refractivity contribution is -0.111. The van der Waals surface area contributed by atoms with Crippen LogP contribution in [0.15, 0.2) is 42.1 Å². The Morgan fingerprint density at radius 2 is 2.08 bits per heavy atom. The van der Waals surface area contributed by atoms with E-state index >= 15 is 0 Å². The molecule has 12 heavy (non-hydrogen) atoms. The minimum atomic E-state index is -0.573. The second-order valence-corrected chi connectivity index (χ2v) is 2.15. The van der Waals surface area contributed by atoms with Gasteiger partial charge in [0.2, 0.25) is 0 Å². The summed E-state index contributed by atoms with van der Waals surface area (Å²) in [6.07, 6.45) is 4.44. The largest absolute Gasteiger partial charge is 0.364 e. The van der Waals surface area contributed by atoms with Crippen molar-refractivity contribution in [3.8, 4) is 0 Å². The molecule has 0 unspecified atom stereocenters. The molecule has 0 spiro atoms. The van der Waals surface area contributed by atoms with Crippen LogP contribution in [-0.4, -0.2) is 11.6 Å². The van der Waals surface area contributed by atoms with Crippen LogP contribution >= 0.6 is 0 Å². The molecule has 1 amide bonds. The molecule has 3 heteroatoms. The number of nitrogens with zero attached hydrogens (tertiary/aromatic N) is 1. The zero-order valence-electron chi connectivity index (χ0n) is 7.08. The maximum absolute atomic E-state index is 10.7. The summed E-state index contributed by atoms with van der Waals surface area (Å²) in [5.41, 5.74) is 6.04. The third-order valence-corrected chi connectivity index (χ3v) is 1.17. The van der Waals surface area contributed by atoms with Gasteiger partial charge in [-0.1, -0.05) is 19.2 Å². The Kier molecular flexibility index (Phi) is 4.38. The van der Waals surface area contributed by atoms with Gasteiger partial charge in [0.15, 0.2) is 0 Å². The van der Waals surface area contributed by atoms with Gasteiger partial charge < -0.3 is 5.73 Å². The number of amides is 1. The minimum Gasteiger partial charge on any atom is -0.364 e. The number of carbonyl (C=O) groups is 1. The molecule has 0 saturated heterocycles. The maximum atomic E-state index is 10.7. The molecule has 0 aromatic heterocycles. The molecule has 0 aromatic rings. The summed E-state index contributed by atoms with van der Waals surface area (Å²) < 4.78 is 0. The van der Waals surface area contributed by atoms with Crippen molar-refractivity contribution in [2.75, 3.05) is 0 Å². The quantitative estimate of drug-likeness (QED) is 0.492. The highest BCUT2D eigenvalue weighted by molar-refractivity contribution is 6.43. The standard InChI is InChI=1S/C9H12N2O/c1-4-7(3)6-8(9(10)12)11-5-2/h4-6H,1-2H2,3H3,(H2,10,12)/b7-6-,11-8+. The van der Waals surface area contributed by atoms with Gasteiger partial charge in [0.05, 0.1) is 0 Å². The van der Waals surface area contributed by atoms with E-state index in [9.17, 15) is 4.79 Å². The van der Waals surface area contributed by atoms with Crippen LogP contribution in [0.1, 0.15) is 6.92 Å². The van der Waals surface area contributed by atoms with Gasteiger partial charge >= 0.3 is 0 Å². The van der Waals surface area contributed by atoms with E-state index in [1.54, 1.807) is 19.1 Å². The summed E-state index contributed by atoms with van der Waals surface area (Å²) in [5.74, 6) is -0.573. The Morgan fingerprint density at radius 1 is 1.50 bits per heavy atom. The van der Waals surface area contributed by atoms with Gasteiger partial charge in [-0.05, 0) is 18.6 Å². The van der Waals surface area contributed by atoms with Crippen molar-refractivity contribution in [3.05, 3.63) is 37.1 Å². The van der Waals surface area contributed by atoms with E-state index in [0.717, 1.165) is 5.57 Å². The van der Waals surface area contributed by atoms with E-state index in [1.165, 1.54) is 6.20 Å². The second-order valence-electron chi connectivity index (χ2n) is 2.15. The van der Waals surface area contributed by atoms with E-state index in [4.69, 9.17) is 5.73 Å². The zero-order chi connectivity index (χ0) is 9.56. The number of carbonyl (C=O) groups excluding carboxylic acids is 1. The first kappa shape index (κ1) is 10.4. The fraction of sp³-hybridized carbons (Fsp3) is 0.111. The summed E-state index contributed by atoms with van der Waals surface area (Å²) in [6.45, 7) is 8.70. The summed E-state index contributed by atoms with van der Waals surface area (Å²) in [5, 5.41) is 0. The molecule has 0 atom stereocenters. The fourth-order valence-corrected chi connectivity index (χ4v) is 0.545. The molecule has 0 saturated carbocycles. The third kappa shape index (κ3) is 3.51. The topological polar surface area (TPSA) is 55.4 Å². The third-order valence-electron chi connectivity index (χ3n) is 1.17. The molecule has 0 bridgehead atoms. The van der Waals surface area contributed by atoms with E-state index in [2.05, 4.69) is 18.2 Å². The average Bonchev–Trinajstić information content (AvgIpc) is 2.03. The molecule has 2 N–H and O–H groups in total. The van der Waals surface area contributed by atoms with Gasteiger partial charge in [0.1, 0.15) is 5.71 Å². The number of rotatable bonds is 4. The van der Waals surface area contributed by atoms with Crippen LogP contribution < -0.4 is 5.73 Å². The van der Waals surface area contributed by atoms with Crippen molar-refractivity contribution in [1.82, 2.24) is 0 Å². The average molecular weight is 164 g/mol. The summed E-state index contributed by atoms with van der Waals surface area (Å²) >= 11 is 0. The zero-order valence-corrected chi connectivity index (χ0v) is 7.08. The Morgan fingerprint density at radius 3 is 2.42 bits per heavy atom. The monoisotopic (exact) mass is 164 g/mol. The van der Waals surface area contributed by atoms with Crippen LogP contribution in [0.25, 0.3) is 0 Å². The molecule has 3 nitrogen and oxygen atoms in total. The van der Waals surface area contributed by atoms with Crippen LogP contribution in [0, 0.1) is 0 Å². The van der Waals surface area contributed by atoms with Gasteiger partial charge in [-0.2, -0.15) is 0 Å². The van der Waals surface area contributed by atoms with Gasteiger partial charge in [0.25, 0.3) is 5.91 Å². The van der Waals surface area contributed by atoms with Crippen LogP contribution in [-0.2, 0) is 4.79 Å². The second kappa shape index (κ2) is 5.07. The number of aliphatic imine (C=N–C) groups is 1. The number of nitrogens with two attached hydrogens (primary N) is 1. The smallest absolute Gasteiger partial charge is 0.267 e. The van der Waals surface area contributed by atoms with E-state index < -0.39 is 5.91 Å². The fourth-order valence-electron chi connectivity index (χ4n) is 0.545. The van der Waals surface area contributed by atoms with Crippen molar-refractivity contribution >= 4 is 11.6 Å². The highest BCUT2D eigenvalue weighted by atomic mass is 16.1. The van der Waals surface area contributed by atoms with Gasteiger partial charge in [0, 0.05) is 6.20 Å². The summed E-state index contributed by atoms with van der Waals surface area (Å²) in [4.78, 5) is 14.4. The normalized spacial score (nSPS) is 12.4. The molecule has 0 aliphatic carbocycles. The van der Waals surface area contributed by atoms with Gasteiger partial charge in [-0.25, -0.2) is 0 Å². The Labute approximate surface area is 72.0 Å². The summed E-state index contributed by atoms with van der Waals surface area (Å²) in [7, 11) is 0. The highest BCUT2D eigenvalue weighted by Gasteiger charge is 2.00. The van der Waals surface area contributed by atoms with Crippen molar-refractivity contribution in [3.63, 3.8) is 0 Å². The van der Waals surface area contributed by atoms with Crippen LogP contribution in [0.2, 0.25) is 0 Å². The maximum Gasteiger partial charge on any atom is 0.267 e. The number of allylic oxidation sites excluding steroid dienone is 2. The molecule has 0 aromatic carbocycles. The van der Waals surface area contributed by atoms with Gasteiger partial charge in [-0.15, -0.1) is 0 Å². The first-order valence-electron chi connectivity index (χ1n) is 3.41. The van der Waals surface area contributed by atoms with Crippen molar-refractivity contribution in [2.45, 2.75) is 6.92 Å². The van der Waals surface area contributed by atoms with Crippen LogP contribution in [0.5, 0.6) is 0 Å². The summed E-state index contributed by atoms with van der Waals surface area (Å²) in [6, 6.07) is 0. The van der Waals surface area contributed by atoms with Crippen molar-refractivity contribution in [1.29, 1.82) is 0 Å². The molecular formula is C9H12N2O. The molecule has 0 rings (SSSR count). The van der Waals surface area contributed by atoms with E-state index in [0.29, 0.717) is 0 Å². The number of primary amides is 1. The number of hydrogen-bond donors (Lipinski definition) is 1. The lowest BCUT2D eigenvalue weighted by Gasteiger charge is -1.93. The molecule has 0 heterocycles. The molecular weight excluding hydrogens is 152 g/mol. The van der Waals surface area contributed by atoms with E-state index in [-0.39, 0.29) is 5.71 Å². The van der Waals surface area contributed by atoms with Crippen molar-refractivity contribution < 1.29 is 4.79 Å². The predicted octanol–water partition coefficient (Wildman–Crippen LogP) is 1.19. The Bertz CT molecular complexity index is 262. The molecule has 0 aliphatic rings. The molecule has 0 fully saturated rings. The predicted molar refractivity (Wildman–Crippen MR) is 50.8 cm³/mol. The Balaban J connectivity index is 4.78. The Hall–Kier alpha value is -1.64.